The third-order valence-electron chi connectivity index (χ3n) is 2.71. The fraction of sp³-hybridized carbons (Fsp3) is 0.545. The Morgan fingerprint density at radius 3 is 3.13 bits per heavy atom. The van der Waals surface area contributed by atoms with Crippen LogP contribution in [0.1, 0.15) is 35.1 Å². The maximum Gasteiger partial charge on any atom is 0.373 e. The minimum Gasteiger partial charge on any atom is -0.463 e. The molecule has 1 saturated heterocycles. The molecular formula is C11H15NO3. The molecule has 15 heavy (non-hydrogen) atoms. The largest absolute Gasteiger partial charge is 0.463 e. The lowest BCUT2D eigenvalue weighted by molar-refractivity contribution is 0.0562. The highest BCUT2D eigenvalue weighted by molar-refractivity contribution is 5.86. The Morgan fingerprint density at radius 2 is 2.47 bits per heavy atom. The molecule has 1 unspecified atom stereocenters. The maximum absolute atomic E-state index is 11.2. The zero-order valence-corrected chi connectivity index (χ0v) is 8.79. The molecule has 0 bridgehead atoms. The zero-order chi connectivity index (χ0) is 10.7. The van der Waals surface area contributed by atoms with Crippen LogP contribution in [-0.2, 0) is 4.74 Å². The van der Waals surface area contributed by atoms with E-state index in [1.807, 2.05) is 6.07 Å². The van der Waals surface area contributed by atoms with Crippen molar-refractivity contribution in [3.05, 3.63) is 23.7 Å². The lowest BCUT2D eigenvalue weighted by Crippen LogP contribution is -2.28. The number of furan rings is 1. The second-order valence-corrected chi connectivity index (χ2v) is 3.74. The van der Waals surface area contributed by atoms with Crippen LogP contribution in [0.4, 0.5) is 0 Å². The first-order valence-corrected chi connectivity index (χ1v) is 5.20. The van der Waals surface area contributed by atoms with Crippen molar-refractivity contribution in [2.75, 3.05) is 20.2 Å². The summed E-state index contributed by atoms with van der Waals surface area (Å²) < 4.78 is 10.0. The molecule has 1 aliphatic heterocycles. The van der Waals surface area contributed by atoms with Gasteiger partial charge in [-0.1, -0.05) is 0 Å². The molecule has 4 heteroatoms. The SMILES string of the molecule is COC(=O)c1ccc(C2CCCNC2)o1. The summed E-state index contributed by atoms with van der Waals surface area (Å²) in [7, 11) is 1.35. The minimum atomic E-state index is -0.412. The summed E-state index contributed by atoms with van der Waals surface area (Å²) in [5.74, 6) is 1.14. The van der Waals surface area contributed by atoms with Crippen LogP contribution in [0.2, 0.25) is 0 Å². The van der Waals surface area contributed by atoms with Crippen LogP contribution in [0.25, 0.3) is 0 Å². The van der Waals surface area contributed by atoms with E-state index < -0.39 is 5.97 Å². The van der Waals surface area contributed by atoms with Gasteiger partial charge in [-0.25, -0.2) is 4.79 Å². The van der Waals surface area contributed by atoms with Crippen molar-refractivity contribution in [3.8, 4) is 0 Å². The van der Waals surface area contributed by atoms with Crippen LogP contribution in [0.15, 0.2) is 16.5 Å². The minimum absolute atomic E-state index is 0.290. The van der Waals surface area contributed by atoms with Crippen LogP contribution in [0.5, 0.6) is 0 Å². The highest BCUT2D eigenvalue weighted by atomic mass is 16.5. The van der Waals surface area contributed by atoms with Crippen molar-refractivity contribution < 1.29 is 13.9 Å². The van der Waals surface area contributed by atoms with Gasteiger partial charge in [-0.3, -0.25) is 0 Å². The Morgan fingerprint density at radius 1 is 1.60 bits per heavy atom. The van der Waals surface area contributed by atoms with E-state index in [0.29, 0.717) is 5.92 Å². The molecule has 1 aliphatic rings. The van der Waals surface area contributed by atoms with Gasteiger partial charge in [0.2, 0.25) is 5.76 Å². The molecule has 1 aromatic rings. The molecule has 1 fully saturated rings. The van der Waals surface area contributed by atoms with E-state index in [9.17, 15) is 4.79 Å². The Balaban J connectivity index is 2.08. The number of nitrogens with one attached hydrogen (secondary N) is 1. The quantitative estimate of drug-likeness (QED) is 0.750. The average Bonchev–Trinajstić information content (AvgIpc) is 2.78. The van der Waals surface area contributed by atoms with Crippen LogP contribution < -0.4 is 5.32 Å². The van der Waals surface area contributed by atoms with E-state index in [-0.39, 0.29) is 5.76 Å². The molecular weight excluding hydrogens is 194 g/mol. The Labute approximate surface area is 88.6 Å². The number of carbonyl (C=O) groups is 1. The molecule has 0 spiro atoms. The molecule has 2 heterocycles. The van der Waals surface area contributed by atoms with Crippen LogP contribution >= 0.6 is 0 Å². The van der Waals surface area contributed by atoms with Gasteiger partial charge in [-0.15, -0.1) is 0 Å². The first-order chi connectivity index (χ1) is 7.31. The van der Waals surface area contributed by atoms with Gasteiger partial charge in [0.25, 0.3) is 0 Å². The Hall–Kier alpha value is -1.29. The molecule has 4 nitrogen and oxygen atoms in total. The number of hydrogen-bond donors (Lipinski definition) is 1. The fourth-order valence-corrected chi connectivity index (χ4v) is 1.88. The van der Waals surface area contributed by atoms with E-state index in [2.05, 4.69) is 10.1 Å². The number of rotatable bonds is 2. The van der Waals surface area contributed by atoms with E-state index in [0.717, 1.165) is 31.7 Å². The van der Waals surface area contributed by atoms with Crippen LogP contribution in [-0.4, -0.2) is 26.2 Å². The summed E-state index contributed by atoms with van der Waals surface area (Å²) in [4.78, 5) is 11.2. The highest BCUT2D eigenvalue weighted by Gasteiger charge is 2.20. The summed E-state index contributed by atoms with van der Waals surface area (Å²) in [6, 6.07) is 3.54. The Bertz CT molecular complexity index is 339. The number of esters is 1. The maximum atomic E-state index is 11.2. The van der Waals surface area contributed by atoms with Crippen molar-refractivity contribution in [3.63, 3.8) is 0 Å². The first kappa shape index (κ1) is 10.2. The van der Waals surface area contributed by atoms with E-state index in [1.54, 1.807) is 6.07 Å². The van der Waals surface area contributed by atoms with Gasteiger partial charge in [0.05, 0.1) is 7.11 Å². The second kappa shape index (κ2) is 4.49. The van der Waals surface area contributed by atoms with Gasteiger partial charge in [-0.2, -0.15) is 0 Å². The van der Waals surface area contributed by atoms with Gasteiger partial charge in [0, 0.05) is 12.5 Å². The van der Waals surface area contributed by atoms with Gasteiger partial charge in [-0.05, 0) is 31.5 Å². The molecule has 0 aromatic carbocycles. The van der Waals surface area contributed by atoms with Crippen molar-refractivity contribution in [2.45, 2.75) is 18.8 Å². The molecule has 82 valence electrons. The Kier molecular flexibility index (Phi) is 3.06. The van der Waals surface area contributed by atoms with E-state index in [1.165, 1.54) is 7.11 Å². The van der Waals surface area contributed by atoms with Crippen molar-refractivity contribution in [1.82, 2.24) is 5.32 Å². The van der Waals surface area contributed by atoms with Gasteiger partial charge >= 0.3 is 5.97 Å². The second-order valence-electron chi connectivity index (χ2n) is 3.74. The predicted octanol–water partition coefficient (Wildman–Crippen LogP) is 1.53. The predicted molar refractivity (Wildman–Crippen MR) is 54.9 cm³/mol. The molecule has 0 amide bonds. The van der Waals surface area contributed by atoms with Crippen molar-refractivity contribution in [1.29, 1.82) is 0 Å². The van der Waals surface area contributed by atoms with Gasteiger partial charge < -0.3 is 14.5 Å². The fourth-order valence-electron chi connectivity index (χ4n) is 1.88. The zero-order valence-electron chi connectivity index (χ0n) is 8.79. The van der Waals surface area contributed by atoms with Gasteiger partial charge in [0.1, 0.15) is 5.76 Å². The van der Waals surface area contributed by atoms with Crippen LogP contribution in [0.3, 0.4) is 0 Å². The van der Waals surface area contributed by atoms with Crippen molar-refractivity contribution in [2.24, 2.45) is 0 Å². The highest BCUT2D eigenvalue weighted by Crippen LogP contribution is 2.25. The average molecular weight is 209 g/mol. The number of methoxy groups -OCH3 is 1. The lowest BCUT2D eigenvalue weighted by atomic mass is 9.97. The molecule has 1 N–H and O–H groups in total. The number of carbonyl (C=O) groups excluding carboxylic acids is 1. The summed E-state index contributed by atoms with van der Waals surface area (Å²) in [5.41, 5.74) is 0. The van der Waals surface area contributed by atoms with Crippen LogP contribution in [0, 0.1) is 0 Å². The van der Waals surface area contributed by atoms with E-state index >= 15 is 0 Å². The third kappa shape index (κ3) is 2.21. The summed E-state index contributed by atoms with van der Waals surface area (Å²) in [5, 5.41) is 3.31. The number of ether oxygens (including phenoxy) is 1. The monoisotopic (exact) mass is 209 g/mol. The summed E-state index contributed by atoms with van der Waals surface area (Å²) in [6.07, 6.45) is 2.26. The molecule has 1 aromatic heterocycles. The molecule has 0 saturated carbocycles. The summed E-state index contributed by atoms with van der Waals surface area (Å²) in [6.45, 7) is 2.00. The first-order valence-electron chi connectivity index (χ1n) is 5.20. The van der Waals surface area contributed by atoms with E-state index in [4.69, 9.17) is 4.42 Å². The molecule has 0 radical (unpaired) electrons. The summed E-state index contributed by atoms with van der Waals surface area (Å²) >= 11 is 0. The van der Waals surface area contributed by atoms with Crippen molar-refractivity contribution >= 4 is 5.97 Å². The smallest absolute Gasteiger partial charge is 0.373 e. The number of hydrogen-bond acceptors (Lipinski definition) is 4. The number of piperidine rings is 1. The third-order valence-corrected chi connectivity index (χ3v) is 2.71. The standard InChI is InChI=1S/C11H15NO3/c1-14-11(13)10-5-4-9(15-10)8-3-2-6-12-7-8/h4-5,8,12H,2-3,6-7H2,1H3. The molecule has 2 rings (SSSR count). The molecule has 1 atom stereocenters. The topological polar surface area (TPSA) is 51.5 Å². The molecule has 0 aliphatic carbocycles. The lowest BCUT2D eigenvalue weighted by Gasteiger charge is -2.20. The normalized spacial score (nSPS) is 21.3. The van der Waals surface area contributed by atoms with Gasteiger partial charge in [0.15, 0.2) is 0 Å².